The van der Waals surface area contributed by atoms with Gasteiger partial charge in [-0.2, -0.15) is 0 Å². The Morgan fingerprint density at radius 3 is 1.03 bits per heavy atom. The summed E-state index contributed by atoms with van der Waals surface area (Å²) >= 11 is 0. The summed E-state index contributed by atoms with van der Waals surface area (Å²) < 4.78 is 9.41. The number of nitrogens with one attached hydrogen (secondary N) is 1. The Hall–Kier alpha value is -9.03. The molecule has 13 aromatic rings. The highest BCUT2D eigenvalue weighted by Crippen LogP contribution is 2.39. The minimum absolute atomic E-state index is 0.628. The van der Waals surface area contributed by atoms with Gasteiger partial charge in [0.1, 0.15) is 0 Å². The molecule has 0 bridgehead atoms. The molecule has 0 amide bonds. The van der Waals surface area contributed by atoms with E-state index in [4.69, 9.17) is 0 Å². The van der Waals surface area contributed by atoms with Gasteiger partial charge >= 0.3 is 0 Å². The molecule has 1 aliphatic heterocycles. The van der Waals surface area contributed by atoms with Crippen LogP contribution >= 0.6 is 0 Å². The van der Waals surface area contributed by atoms with Gasteiger partial charge in [-0.3, -0.25) is 34.9 Å². The molecule has 12 heterocycles. The molecule has 306 valence electrons. The maximum atomic E-state index is 4.56. The summed E-state index contributed by atoms with van der Waals surface area (Å²) in [4.78, 5) is 31.8. The first kappa shape index (κ1) is 35.6. The summed E-state index contributed by atoms with van der Waals surface area (Å²) in [6.07, 6.45) is 31.5. The fourth-order valence-corrected chi connectivity index (χ4v) is 10.4. The molecule has 0 spiro atoms. The van der Waals surface area contributed by atoms with E-state index in [1.165, 1.54) is 5.56 Å². The fraction of sp³-hybridized carbons (Fsp3) is 0.0377. The zero-order chi connectivity index (χ0) is 42.6. The van der Waals surface area contributed by atoms with Crippen LogP contribution < -0.4 is 5.32 Å². The SMILES string of the molecule is C1=Cc2c(c3cnccc3n2-c2cc(Cc3cc(-n4c5ccncc5c5cnccc54)cc(-n4c5ccncc5c5cnccc54)c3)cc(-n3c4ccncc4c4cnccc43)c2)CN1. The van der Waals surface area contributed by atoms with E-state index in [1.54, 1.807) is 0 Å². The van der Waals surface area contributed by atoms with Crippen molar-refractivity contribution in [2.75, 3.05) is 0 Å². The summed E-state index contributed by atoms with van der Waals surface area (Å²) in [6.45, 7) is 0.722. The summed E-state index contributed by atoms with van der Waals surface area (Å²) in [6, 6.07) is 28.6. The first-order chi connectivity index (χ1) is 32.2. The van der Waals surface area contributed by atoms with Crippen LogP contribution in [0.1, 0.15) is 22.4 Å². The third kappa shape index (κ3) is 5.28. The van der Waals surface area contributed by atoms with Crippen molar-refractivity contribution >= 4 is 82.4 Å². The second kappa shape index (κ2) is 13.7. The van der Waals surface area contributed by atoms with Crippen LogP contribution in [0.4, 0.5) is 0 Å². The lowest BCUT2D eigenvalue weighted by Crippen LogP contribution is -2.11. The van der Waals surface area contributed by atoms with Gasteiger partial charge < -0.3 is 23.6 Å². The highest BCUT2D eigenvalue weighted by Gasteiger charge is 2.22. The molecule has 0 atom stereocenters. The molecule has 0 radical (unpaired) electrons. The Labute approximate surface area is 369 Å². The normalized spacial score (nSPS) is 12.7. The van der Waals surface area contributed by atoms with E-state index in [1.807, 2.05) is 93.0 Å². The van der Waals surface area contributed by atoms with Crippen LogP contribution in [0.5, 0.6) is 0 Å². The van der Waals surface area contributed by atoms with Crippen molar-refractivity contribution < 1.29 is 0 Å². The van der Waals surface area contributed by atoms with Crippen molar-refractivity contribution in [3.05, 3.63) is 194 Å². The number of benzene rings is 2. The topological polar surface area (TPSA) is 122 Å². The molecular weight excluding hydrogens is 805 g/mol. The molecule has 1 aliphatic rings. The van der Waals surface area contributed by atoms with Crippen molar-refractivity contribution in [2.24, 2.45) is 0 Å². The largest absolute Gasteiger partial charge is 0.387 e. The number of fused-ring (bicyclic) bond motifs is 12. The molecular formula is C53H34N12. The highest BCUT2D eigenvalue weighted by atomic mass is 15.0. The third-order valence-corrected chi connectivity index (χ3v) is 13.0. The first-order valence-corrected chi connectivity index (χ1v) is 21.5. The lowest BCUT2D eigenvalue weighted by molar-refractivity contribution is 0.855. The van der Waals surface area contributed by atoms with Crippen molar-refractivity contribution in [1.29, 1.82) is 0 Å². The van der Waals surface area contributed by atoms with Crippen LogP contribution in [0.25, 0.3) is 105 Å². The van der Waals surface area contributed by atoms with E-state index in [0.29, 0.717) is 6.42 Å². The molecule has 0 fully saturated rings. The number of hydrogen-bond donors (Lipinski definition) is 1. The van der Waals surface area contributed by atoms with Gasteiger partial charge in [0.25, 0.3) is 0 Å². The number of aromatic nitrogens is 11. The monoisotopic (exact) mass is 838 g/mol. The minimum atomic E-state index is 0.628. The van der Waals surface area contributed by atoms with E-state index in [-0.39, 0.29) is 0 Å². The van der Waals surface area contributed by atoms with Crippen molar-refractivity contribution in [2.45, 2.75) is 13.0 Å². The predicted molar refractivity (Wildman–Crippen MR) is 256 cm³/mol. The molecule has 65 heavy (non-hydrogen) atoms. The van der Waals surface area contributed by atoms with Gasteiger partial charge in [0.15, 0.2) is 0 Å². The highest BCUT2D eigenvalue weighted by molar-refractivity contribution is 6.10. The van der Waals surface area contributed by atoms with Crippen LogP contribution in [-0.2, 0) is 13.0 Å². The van der Waals surface area contributed by atoms with E-state index >= 15 is 0 Å². The second-order valence-corrected chi connectivity index (χ2v) is 16.6. The standard InChI is InChI=1S/C53H34N12/c1-9-54-24-38-39-25-55-10-2-47(39)62(46(1)38)34-18-32(19-35(22-34)63-48-3-11-56-26-40(48)41-27-57-12-4-49(41)63)17-33-20-36(64-50-5-13-58-28-42(50)43-29-59-14-6-51(43)64)23-37(21-33)65-52-7-15-60-30-44(52)45-31-61-16-8-53(45)65/h1-16,18-30,61H,17,31H2. The molecule has 0 unspecified atom stereocenters. The van der Waals surface area contributed by atoms with Crippen molar-refractivity contribution in [1.82, 2.24) is 58.5 Å². The smallest absolute Gasteiger partial charge is 0.0572 e. The second-order valence-electron chi connectivity index (χ2n) is 16.6. The summed E-state index contributed by atoms with van der Waals surface area (Å²) in [7, 11) is 0. The Morgan fingerprint density at radius 2 is 0.677 bits per heavy atom. The number of hydrogen-bond acceptors (Lipinski definition) is 8. The Balaban J connectivity index is 1.05. The zero-order valence-corrected chi connectivity index (χ0v) is 34.6. The Bertz CT molecular complexity index is 3840. The average molecular weight is 839 g/mol. The van der Waals surface area contributed by atoms with Gasteiger partial charge in [0, 0.05) is 159 Å². The molecule has 2 aromatic carbocycles. The lowest BCUT2D eigenvalue weighted by atomic mass is 10.0. The van der Waals surface area contributed by atoms with Crippen molar-refractivity contribution in [3.8, 4) is 22.7 Å². The maximum absolute atomic E-state index is 4.56. The molecule has 0 saturated heterocycles. The number of pyridine rings is 7. The van der Waals surface area contributed by atoms with E-state index in [9.17, 15) is 0 Å². The molecule has 11 aromatic heterocycles. The minimum Gasteiger partial charge on any atom is -0.387 e. The Morgan fingerprint density at radius 1 is 0.369 bits per heavy atom. The van der Waals surface area contributed by atoms with Gasteiger partial charge in [-0.15, -0.1) is 0 Å². The van der Waals surface area contributed by atoms with Gasteiger partial charge in [0.05, 0.1) is 44.3 Å². The molecule has 0 saturated carbocycles. The predicted octanol–water partition coefficient (Wildman–Crippen LogP) is 10.4. The average Bonchev–Trinajstić information content (AvgIpc) is 4.09. The third-order valence-electron chi connectivity index (χ3n) is 13.0. The zero-order valence-electron chi connectivity index (χ0n) is 34.6. The van der Waals surface area contributed by atoms with Gasteiger partial charge in [-0.1, -0.05) is 0 Å². The van der Waals surface area contributed by atoms with Gasteiger partial charge in [-0.05, 0) is 109 Å². The van der Waals surface area contributed by atoms with Crippen LogP contribution in [0, 0.1) is 0 Å². The van der Waals surface area contributed by atoms with Crippen LogP contribution in [0.2, 0.25) is 0 Å². The number of nitrogens with zero attached hydrogens (tertiary/aromatic N) is 11. The quantitative estimate of drug-likeness (QED) is 0.176. The molecule has 1 N–H and O–H groups in total. The lowest BCUT2D eigenvalue weighted by Gasteiger charge is -2.18. The first-order valence-electron chi connectivity index (χ1n) is 21.5. The maximum Gasteiger partial charge on any atom is 0.0572 e. The fourth-order valence-electron chi connectivity index (χ4n) is 10.4. The molecule has 12 nitrogen and oxygen atoms in total. The van der Waals surface area contributed by atoms with Crippen LogP contribution in [0.15, 0.2) is 172 Å². The summed E-state index contributed by atoms with van der Waals surface area (Å²) in [5.41, 5.74) is 16.3. The molecule has 12 heteroatoms. The van der Waals surface area contributed by atoms with E-state index in [2.05, 4.69) is 143 Å². The summed E-state index contributed by atoms with van der Waals surface area (Å²) in [5, 5.41) is 10.9. The van der Waals surface area contributed by atoms with E-state index in [0.717, 1.165) is 122 Å². The van der Waals surface area contributed by atoms with Gasteiger partial charge in [0.2, 0.25) is 0 Å². The van der Waals surface area contributed by atoms with Crippen molar-refractivity contribution in [3.63, 3.8) is 0 Å². The molecule has 0 aliphatic carbocycles. The summed E-state index contributed by atoms with van der Waals surface area (Å²) in [5.74, 6) is 0. The molecule has 14 rings (SSSR count). The number of rotatable bonds is 6. The van der Waals surface area contributed by atoms with Crippen LogP contribution in [-0.4, -0.2) is 53.2 Å². The Kier molecular flexibility index (Phi) is 7.51. The van der Waals surface area contributed by atoms with Gasteiger partial charge in [-0.25, -0.2) is 0 Å². The van der Waals surface area contributed by atoms with E-state index < -0.39 is 0 Å². The van der Waals surface area contributed by atoms with Crippen LogP contribution in [0.3, 0.4) is 0 Å².